The number of carbonyl (C=O) groups excluding carboxylic acids is 2. The molecule has 3 aromatic rings. The minimum absolute atomic E-state index is 0.0402. The third-order valence-corrected chi connectivity index (χ3v) is 9.59. The van der Waals surface area contributed by atoms with Gasteiger partial charge in [-0.15, -0.1) is 0 Å². The number of fused-ring (bicyclic) bond motifs is 3. The van der Waals surface area contributed by atoms with Crippen LogP contribution in [-0.4, -0.2) is 51.3 Å². The van der Waals surface area contributed by atoms with E-state index >= 15 is 0 Å². The van der Waals surface area contributed by atoms with Crippen LogP contribution in [0.25, 0.3) is 10.8 Å². The van der Waals surface area contributed by atoms with E-state index in [1.807, 2.05) is 42.5 Å². The van der Waals surface area contributed by atoms with Gasteiger partial charge in [0.05, 0.1) is 18.0 Å². The second-order valence-corrected chi connectivity index (χ2v) is 12.7. The molecule has 5 atom stereocenters. The standard InChI is InChI=1S/C36H40N2O5/c1-24-10-9-11-25(18-24)19-27-13-5-3-2-4-6-14-28-21-36(28,35(41)42)22-32(39)31-20-29(23-38(31)34(27)40)43-33-30-15-8-7-12-26(30)16-17-37-33/h6-12,14-18,27-29,31H,2-5,13,19-23H2,1H3,(H,41,42)/b14-6-/t27-,28+,29-,31+,36-/m1/s1. The van der Waals surface area contributed by atoms with E-state index in [2.05, 4.69) is 36.2 Å². The SMILES string of the molecule is Cc1cccc(C[C@H]2CCCCC/C=C\[C@H]3C[C@@]3(C(=O)O)CC(=O)[C@@H]3C[C@@H](Oc4nccc5ccccc45)CN3C2=O)c1. The first kappa shape index (κ1) is 29.1. The molecule has 2 aliphatic heterocycles. The highest BCUT2D eigenvalue weighted by molar-refractivity contribution is 5.95. The lowest BCUT2D eigenvalue weighted by atomic mass is 9.90. The number of carboxylic acid groups (broad SMARTS) is 1. The highest BCUT2D eigenvalue weighted by Gasteiger charge is 2.61. The van der Waals surface area contributed by atoms with Crippen LogP contribution >= 0.6 is 0 Å². The number of benzene rings is 2. The second kappa shape index (κ2) is 12.3. The summed E-state index contributed by atoms with van der Waals surface area (Å²) in [4.78, 5) is 47.0. The molecule has 0 unspecified atom stereocenters. The van der Waals surface area contributed by atoms with Crippen LogP contribution in [0.2, 0.25) is 0 Å². The smallest absolute Gasteiger partial charge is 0.310 e. The first-order valence-corrected chi connectivity index (χ1v) is 15.6. The summed E-state index contributed by atoms with van der Waals surface area (Å²) in [5.74, 6) is -1.09. The van der Waals surface area contributed by atoms with Crippen LogP contribution in [0.3, 0.4) is 0 Å². The molecule has 1 aliphatic carbocycles. The molecule has 1 saturated carbocycles. The normalized spacial score (nSPS) is 28.8. The number of carbonyl (C=O) groups is 3. The summed E-state index contributed by atoms with van der Waals surface area (Å²) < 4.78 is 6.42. The van der Waals surface area contributed by atoms with Crippen LogP contribution < -0.4 is 4.74 Å². The van der Waals surface area contributed by atoms with Crippen molar-refractivity contribution in [3.05, 3.63) is 84.1 Å². The van der Waals surface area contributed by atoms with E-state index in [0.717, 1.165) is 54.0 Å². The Morgan fingerprint density at radius 1 is 1.09 bits per heavy atom. The fourth-order valence-electron chi connectivity index (χ4n) is 7.08. The number of aromatic nitrogens is 1. The van der Waals surface area contributed by atoms with Gasteiger partial charge in [0.25, 0.3) is 0 Å². The molecule has 224 valence electrons. The quantitative estimate of drug-likeness (QED) is 0.355. The largest absolute Gasteiger partial charge is 0.481 e. The van der Waals surface area contributed by atoms with E-state index in [0.29, 0.717) is 25.1 Å². The number of nitrogens with zero attached hydrogens (tertiary/aromatic N) is 2. The van der Waals surface area contributed by atoms with E-state index in [9.17, 15) is 19.5 Å². The number of carboxylic acids is 1. The summed E-state index contributed by atoms with van der Waals surface area (Å²) in [6.07, 6.45) is 11.2. The van der Waals surface area contributed by atoms with Crippen molar-refractivity contribution in [3.63, 3.8) is 0 Å². The van der Waals surface area contributed by atoms with E-state index < -0.39 is 23.5 Å². The molecular weight excluding hydrogens is 540 g/mol. The summed E-state index contributed by atoms with van der Waals surface area (Å²) in [7, 11) is 0. The third kappa shape index (κ3) is 6.22. The van der Waals surface area contributed by atoms with Crippen LogP contribution in [-0.2, 0) is 20.8 Å². The first-order chi connectivity index (χ1) is 20.8. The van der Waals surface area contributed by atoms with Crippen molar-refractivity contribution in [2.75, 3.05) is 6.54 Å². The predicted octanol–water partition coefficient (Wildman–Crippen LogP) is 6.32. The summed E-state index contributed by atoms with van der Waals surface area (Å²) in [6, 6.07) is 17.3. The molecule has 1 amide bonds. The van der Waals surface area contributed by atoms with Crippen LogP contribution in [0.1, 0.15) is 62.5 Å². The minimum atomic E-state index is -1.08. The van der Waals surface area contributed by atoms with Crippen molar-refractivity contribution in [2.24, 2.45) is 17.3 Å². The maximum atomic E-state index is 14.4. The van der Waals surface area contributed by atoms with Gasteiger partial charge in [0.15, 0.2) is 5.78 Å². The van der Waals surface area contributed by atoms with Crippen molar-refractivity contribution >= 4 is 28.4 Å². The molecule has 3 heterocycles. The second-order valence-electron chi connectivity index (χ2n) is 12.7. The van der Waals surface area contributed by atoms with E-state index in [1.165, 1.54) is 0 Å². The van der Waals surface area contributed by atoms with Gasteiger partial charge in [-0.05, 0) is 68.0 Å². The van der Waals surface area contributed by atoms with Crippen molar-refractivity contribution < 1.29 is 24.2 Å². The van der Waals surface area contributed by atoms with Crippen molar-refractivity contribution in [2.45, 2.75) is 76.9 Å². The molecule has 0 bridgehead atoms. The number of ketones is 1. The van der Waals surface area contributed by atoms with Gasteiger partial charge in [-0.2, -0.15) is 0 Å². The fraction of sp³-hybridized carbons (Fsp3) is 0.444. The lowest BCUT2D eigenvalue weighted by Gasteiger charge is -2.29. The topological polar surface area (TPSA) is 96.8 Å². The van der Waals surface area contributed by atoms with Crippen LogP contribution in [0.15, 0.2) is 72.9 Å². The van der Waals surface area contributed by atoms with Gasteiger partial charge in [-0.1, -0.05) is 73.0 Å². The number of hydrogen-bond acceptors (Lipinski definition) is 5. The van der Waals surface area contributed by atoms with Gasteiger partial charge >= 0.3 is 5.97 Å². The fourth-order valence-corrected chi connectivity index (χ4v) is 7.08. The zero-order valence-electron chi connectivity index (χ0n) is 24.8. The molecule has 0 radical (unpaired) electrons. The average Bonchev–Trinajstić information content (AvgIpc) is 3.53. The molecule has 43 heavy (non-hydrogen) atoms. The van der Waals surface area contributed by atoms with Gasteiger partial charge in [0.1, 0.15) is 6.10 Å². The molecular formula is C36H40N2O5. The highest BCUT2D eigenvalue weighted by atomic mass is 16.5. The first-order valence-electron chi connectivity index (χ1n) is 15.6. The number of Topliss-reactive ketones (excluding diaryl/α,β-unsaturated/α-hetero) is 1. The number of aryl methyl sites for hydroxylation is 1. The Labute approximate surface area is 252 Å². The predicted molar refractivity (Wildman–Crippen MR) is 165 cm³/mol. The third-order valence-electron chi connectivity index (χ3n) is 9.59. The molecule has 1 N–H and O–H groups in total. The number of allylic oxidation sites excluding steroid dienone is 2. The van der Waals surface area contributed by atoms with Gasteiger partial charge in [0, 0.05) is 30.3 Å². The molecule has 3 aliphatic rings. The number of pyridine rings is 1. The summed E-state index contributed by atoms with van der Waals surface area (Å²) in [5, 5.41) is 12.1. The number of aliphatic carboxylic acids is 1. The molecule has 1 saturated heterocycles. The van der Waals surface area contributed by atoms with Gasteiger partial charge < -0.3 is 14.7 Å². The Morgan fingerprint density at radius 2 is 1.95 bits per heavy atom. The van der Waals surface area contributed by atoms with Gasteiger partial charge in [-0.3, -0.25) is 14.4 Å². The highest BCUT2D eigenvalue weighted by Crippen LogP contribution is 2.57. The molecule has 2 aromatic carbocycles. The molecule has 1 aromatic heterocycles. The van der Waals surface area contributed by atoms with Gasteiger partial charge in [0.2, 0.25) is 11.8 Å². The zero-order chi connectivity index (χ0) is 30.0. The van der Waals surface area contributed by atoms with E-state index in [-0.39, 0.29) is 36.5 Å². The van der Waals surface area contributed by atoms with E-state index in [1.54, 1.807) is 11.1 Å². The molecule has 0 spiro atoms. The molecule has 2 fully saturated rings. The minimum Gasteiger partial charge on any atom is -0.481 e. The summed E-state index contributed by atoms with van der Waals surface area (Å²) in [5.41, 5.74) is 1.18. The summed E-state index contributed by atoms with van der Waals surface area (Å²) >= 11 is 0. The summed E-state index contributed by atoms with van der Waals surface area (Å²) in [6.45, 7) is 2.32. The monoisotopic (exact) mass is 580 g/mol. The maximum absolute atomic E-state index is 14.4. The number of amides is 1. The van der Waals surface area contributed by atoms with Gasteiger partial charge in [-0.25, -0.2) is 4.98 Å². The number of rotatable bonds is 5. The van der Waals surface area contributed by atoms with Crippen LogP contribution in [0, 0.1) is 24.2 Å². The van der Waals surface area contributed by atoms with Crippen molar-refractivity contribution in [3.8, 4) is 5.88 Å². The van der Waals surface area contributed by atoms with Crippen molar-refractivity contribution in [1.82, 2.24) is 9.88 Å². The van der Waals surface area contributed by atoms with Crippen molar-refractivity contribution in [1.29, 1.82) is 0 Å². The molecule has 7 nitrogen and oxygen atoms in total. The Bertz CT molecular complexity index is 1540. The Kier molecular flexibility index (Phi) is 8.33. The van der Waals surface area contributed by atoms with Crippen LogP contribution in [0.5, 0.6) is 5.88 Å². The molecule has 6 rings (SSSR count). The number of hydrogen-bond donors (Lipinski definition) is 1. The molecule has 7 heteroatoms. The Balaban J connectivity index is 1.31. The van der Waals surface area contributed by atoms with E-state index in [4.69, 9.17) is 4.74 Å². The zero-order valence-corrected chi connectivity index (χ0v) is 24.8. The Hall–Kier alpha value is -4.00. The lowest BCUT2D eigenvalue weighted by Crippen LogP contribution is -2.45. The Morgan fingerprint density at radius 3 is 2.79 bits per heavy atom. The average molecular weight is 581 g/mol. The lowest BCUT2D eigenvalue weighted by molar-refractivity contribution is -0.147. The van der Waals surface area contributed by atoms with Crippen LogP contribution in [0.4, 0.5) is 0 Å². The maximum Gasteiger partial charge on any atom is 0.310 e. The number of ether oxygens (including phenoxy) is 1.